The summed E-state index contributed by atoms with van der Waals surface area (Å²) in [5, 5.41) is 9.15. The van der Waals surface area contributed by atoms with Crippen molar-refractivity contribution >= 4 is 11.9 Å². The van der Waals surface area contributed by atoms with Gasteiger partial charge in [-0.25, -0.2) is 4.79 Å². The van der Waals surface area contributed by atoms with E-state index in [0.29, 0.717) is 24.7 Å². The van der Waals surface area contributed by atoms with E-state index in [2.05, 4.69) is 16.6 Å². The number of nitrogens with zero attached hydrogens (tertiary/aromatic N) is 1. The lowest BCUT2D eigenvalue weighted by Gasteiger charge is -2.36. The zero-order valence-corrected chi connectivity index (χ0v) is 12.4. The zero-order valence-electron chi connectivity index (χ0n) is 12.4. The smallest absolute Gasteiger partial charge is 0.337 e. The van der Waals surface area contributed by atoms with Gasteiger partial charge in [0.25, 0.3) is 0 Å². The molecule has 0 bridgehead atoms. The summed E-state index contributed by atoms with van der Waals surface area (Å²) in [6.45, 7) is 3.41. The van der Waals surface area contributed by atoms with Gasteiger partial charge in [-0.1, -0.05) is 12.1 Å². The Hall–Kier alpha value is -1.88. The lowest BCUT2D eigenvalue weighted by Crippen LogP contribution is -2.43. The molecular weight excluding hydrogens is 270 g/mol. The van der Waals surface area contributed by atoms with Gasteiger partial charge in [0.2, 0.25) is 0 Å². The predicted octanol–water partition coefficient (Wildman–Crippen LogP) is 2.16. The van der Waals surface area contributed by atoms with Crippen LogP contribution in [0.5, 0.6) is 0 Å². The van der Waals surface area contributed by atoms with Crippen molar-refractivity contribution in [3.05, 3.63) is 35.4 Å². The van der Waals surface area contributed by atoms with Crippen molar-refractivity contribution in [2.24, 2.45) is 5.92 Å². The van der Waals surface area contributed by atoms with Gasteiger partial charge in [-0.15, -0.1) is 0 Å². The van der Waals surface area contributed by atoms with Crippen LogP contribution in [-0.4, -0.2) is 41.6 Å². The van der Waals surface area contributed by atoms with E-state index in [0.717, 1.165) is 18.4 Å². The minimum absolute atomic E-state index is 0.282. The lowest BCUT2D eigenvalue weighted by atomic mass is 9.93. The highest BCUT2D eigenvalue weighted by atomic mass is 16.5. The van der Waals surface area contributed by atoms with Gasteiger partial charge in [-0.2, -0.15) is 0 Å². The van der Waals surface area contributed by atoms with Crippen molar-refractivity contribution in [2.45, 2.75) is 32.4 Å². The molecule has 1 fully saturated rings. The Morgan fingerprint density at radius 1 is 1.29 bits per heavy atom. The van der Waals surface area contributed by atoms with Crippen LogP contribution in [-0.2, 0) is 16.1 Å². The Bertz CT molecular complexity index is 512. The second-order valence-electron chi connectivity index (χ2n) is 5.58. The van der Waals surface area contributed by atoms with Gasteiger partial charge >= 0.3 is 11.9 Å². The molecule has 0 spiro atoms. The Labute approximate surface area is 124 Å². The second-order valence-corrected chi connectivity index (χ2v) is 5.58. The maximum atomic E-state index is 11.4. The van der Waals surface area contributed by atoms with Crippen molar-refractivity contribution in [2.75, 3.05) is 13.7 Å². The molecule has 114 valence electrons. The molecule has 0 aliphatic carbocycles. The molecule has 2 atom stereocenters. The van der Waals surface area contributed by atoms with E-state index >= 15 is 0 Å². The molecule has 1 aliphatic rings. The zero-order chi connectivity index (χ0) is 15.4. The van der Waals surface area contributed by atoms with Crippen LogP contribution in [0.2, 0.25) is 0 Å². The topological polar surface area (TPSA) is 66.8 Å². The summed E-state index contributed by atoms with van der Waals surface area (Å²) in [6.07, 6.45) is 1.64. The van der Waals surface area contributed by atoms with Crippen LogP contribution in [0.1, 0.15) is 35.7 Å². The SMILES string of the molecule is COC(=O)c1ccc(CN2CC(C(=O)O)CCC2C)cc1. The van der Waals surface area contributed by atoms with Crippen molar-refractivity contribution in [1.82, 2.24) is 4.90 Å². The highest BCUT2D eigenvalue weighted by Gasteiger charge is 2.29. The Morgan fingerprint density at radius 2 is 1.95 bits per heavy atom. The standard InChI is InChI=1S/C16H21NO4/c1-11-3-6-14(15(18)19)10-17(11)9-12-4-7-13(8-5-12)16(20)21-2/h4-5,7-8,11,14H,3,6,9-10H2,1-2H3,(H,18,19). The Kier molecular flexibility index (Phi) is 4.96. The largest absolute Gasteiger partial charge is 0.481 e. The van der Waals surface area contributed by atoms with E-state index in [-0.39, 0.29) is 11.9 Å². The fourth-order valence-corrected chi connectivity index (χ4v) is 2.70. The summed E-state index contributed by atoms with van der Waals surface area (Å²) < 4.78 is 4.67. The van der Waals surface area contributed by atoms with Gasteiger partial charge in [0.1, 0.15) is 0 Å². The second kappa shape index (κ2) is 6.72. The number of rotatable bonds is 4. The van der Waals surface area contributed by atoms with Crippen LogP contribution in [0.3, 0.4) is 0 Å². The van der Waals surface area contributed by atoms with Gasteiger partial charge in [0.05, 0.1) is 18.6 Å². The first kappa shape index (κ1) is 15.5. The van der Waals surface area contributed by atoms with Crippen LogP contribution in [0, 0.1) is 5.92 Å². The van der Waals surface area contributed by atoms with E-state index in [1.165, 1.54) is 7.11 Å². The number of carbonyl (C=O) groups excluding carboxylic acids is 1. The van der Waals surface area contributed by atoms with E-state index in [1.807, 2.05) is 12.1 Å². The van der Waals surface area contributed by atoms with Crippen molar-refractivity contribution in [3.8, 4) is 0 Å². The third-order valence-electron chi connectivity index (χ3n) is 4.12. The van der Waals surface area contributed by atoms with Crippen LogP contribution >= 0.6 is 0 Å². The van der Waals surface area contributed by atoms with Crippen LogP contribution in [0.15, 0.2) is 24.3 Å². The number of likely N-dealkylation sites (tertiary alicyclic amines) is 1. The first-order chi connectivity index (χ1) is 10.0. The van der Waals surface area contributed by atoms with Crippen molar-refractivity contribution < 1.29 is 19.4 Å². The normalized spacial score (nSPS) is 22.8. The van der Waals surface area contributed by atoms with E-state index in [1.54, 1.807) is 12.1 Å². The number of methoxy groups -OCH3 is 1. The number of hydrogen-bond acceptors (Lipinski definition) is 4. The van der Waals surface area contributed by atoms with Crippen LogP contribution in [0.25, 0.3) is 0 Å². The molecule has 0 aromatic heterocycles. The maximum absolute atomic E-state index is 11.4. The minimum Gasteiger partial charge on any atom is -0.481 e. The fraction of sp³-hybridized carbons (Fsp3) is 0.500. The maximum Gasteiger partial charge on any atom is 0.337 e. The fourth-order valence-electron chi connectivity index (χ4n) is 2.70. The molecule has 5 heteroatoms. The molecule has 0 saturated carbocycles. The first-order valence-corrected chi connectivity index (χ1v) is 7.15. The highest BCUT2D eigenvalue weighted by Crippen LogP contribution is 2.24. The van der Waals surface area contributed by atoms with Gasteiger partial charge in [-0.05, 0) is 37.5 Å². The van der Waals surface area contributed by atoms with E-state index in [9.17, 15) is 9.59 Å². The van der Waals surface area contributed by atoms with E-state index < -0.39 is 5.97 Å². The third-order valence-corrected chi connectivity index (χ3v) is 4.12. The molecule has 1 N–H and O–H groups in total. The molecule has 1 aromatic rings. The lowest BCUT2D eigenvalue weighted by molar-refractivity contribution is -0.144. The molecule has 2 rings (SSSR count). The monoisotopic (exact) mass is 291 g/mol. The molecule has 0 radical (unpaired) electrons. The van der Waals surface area contributed by atoms with Gasteiger partial charge in [-0.3, -0.25) is 9.69 Å². The van der Waals surface area contributed by atoms with Gasteiger partial charge < -0.3 is 9.84 Å². The number of benzene rings is 1. The molecule has 0 amide bonds. The molecule has 21 heavy (non-hydrogen) atoms. The number of esters is 1. The molecule has 1 aromatic carbocycles. The molecular formula is C16H21NO4. The average Bonchev–Trinajstić information content (AvgIpc) is 2.49. The number of carboxylic acids is 1. The number of aliphatic carboxylic acids is 1. The first-order valence-electron chi connectivity index (χ1n) is 7.15. The van der Waals surface area contributed by atoms with Gasteiger partial charge in [0, 0.05) is 19.1 Å². The molecule has 1 saturated heterocycles. The summed E-state index contributed by atoms with van der Waals surface area (Å²) in [5.74, 6) is -1.35. The molecule has 1 aliphatic heterocycles. The Balaban J connectivity index is 2.02. The number of ether oxygens (including phenoxy) is 1. The average molecular weight is 291 g/mol. The minimum atomic E-state index is -0.715. The van der Waals surface area contributed by atoms with Crippen molar-refractivity contribution in [3.63, 3.8) is 0 Å². The molecule has 5 nitrogen and oxygen atoms in total. The summed E-state index contributed by atoms with van der Waals surface area (Å²) in [6, 6.07) is 7.64. The molecule has 2 unspecified atom stereocenters. The highest BCUT2D eigenvalue weighted by molar-refractivity contribution is 5.89. The third kappa shape index (κ3) is 3.82. The summed E-state index contributed by atoms with van der Waals surface area (Å²) in [4.78, 5) is 24.7. The number of carboxylic acid groups (broad SMARTS) is 1. The van der Waals surface area contributed by atoms with E-state index in [4.69, 9.17) is 5.11 Å². The van der Waals surface area contributed by atoms with Crippen LogP contribution in [0.4, 0.5) is 0 Å². The van der Waals surface area contributed by atoms with Gasteiger partial charge in [0.15, 0.2) is 0 Å². The van der Waals surface area contributed by atoms with Crippen molar-refractivity contribution in [1.29, 1.82) is 0 Å². The predicted molar refractivity (Wildman–Crippen MR) is 78.0 cm³/mol. The summed E-state index contributed by atoms with van der Waals surface area (Å²) in [5.41, 5.74) is 1.59. The Morgan fingerprint density at radius 3 is 2.52 bits per heavy atom. The summed E-state index contributed by atoms with van der Waals surface area (Å²) >= 11 is 0. The van der Waals surface area contributed by atoms with Crippen LogP contribution < -0.4 is 0 Å². The number of carbonyl (C=O) groups is 2. The number of piperidine rings is 1. The molecule has 1 heterocycles. The summed E-state index contributed by atoms with van der Waals surface area (Å²) in [7, 11) is 1.36. The quantitative estimate of drug-likeness (QED) is 0.861. The number of hydrogen-bond donors (Lipinski definition) is 1.